The van der Waals surface area contributed by atoms with E-state index in [2.05, 4.69) is 23.7 Å². The minimum absolute atomic E-state index is 0.231. The SMILES string of the molecule is CC(C)c1cc(C(=O)O)cc(N2CCC(C)C(C)C2)n1. The van der Waals surface area contributed by atoms with Gasteiger partial charge in [-0.2, -0.15) is 0 Å². The number of carbonyl (C=O) groups is 1. The van der Waals surface area contributed by atoms with Crippen LogP contribution in [0.15, 0.2) is 12.1 Å². The largest absolute Gasteiger partial charge is 0.478 e. The van der Waals surface area contributed by atoms with Crippen molar-refractivity contribution >= 4 is 11.8 Å². The molecule has 0 spiro atoms. The number of rotatable bonds is 3. The summed E-state index contributed by atoms with van der Waals surface area (Å²) in [6.45, 7) is 10.5. The van der Waals surface area contributed by atoms with Gasteiger partial charge in [0.05, 0.1) is 5.56 Å². The molecule has 4 nitrogen and oxygen atoms in total. The Balaban J connectivity index is 2.33. The van der Waals surface area contributed by atoms with Crippen molar-refractivity contribution in [3.63, 3.8) is 0 Å². The summed E-state index contributed by atoms with van der Waals surface area (Å²) in [4.78, 5) is 18.2. The third-order valence-electron chi connectivity index (χ3n) is 4.33. The van der Waals surface area contributed by atoms with Gasteiger partial charge in [0, 0.05) is 18.8 Å². The zero-order valence-electron chi connectivity index (χ0n) is 12.8. The molecule has 0 amide bonds. The maximum absolute atomic E-state index is 11.3. The molecular weight excluding hydrogens is 252 g/mol. The van der Waals surface area contributed by atoms with E-state index in [1.807, 2.05) is 13.8 Å². The average molecular weight is 276 g/mol. The molecule has 2 heterocycles. The average Bonchev–Trinajstić information content (AvgIpc) is 2.41. The zero-order chi connectivity index (χ0) is 14.9. The number of carboxylic acid groups (broad SMARTS) is 1. The number of pyridine rings is 1. The summed E-state index contributed by atoms with van der Waals surface area (Å²) in [6.07, 6.45) is 1.14. The van der Waals surface area contributed by atoms with Crippen molar-refractivity contribution in [3.05, 3.63) is 23.4 Å². The molecule has 0 aliphatic carbocycles. The van der Waals surface area contributed by atoms with E-state index in [4.69, 9.17) is 0 Å². The molecule has 0 bridgehead atoms. The first-order valence-electron chi connectivity index (χ1n) is 7.38. The van der Waals surface area contributed by atoms with Crippen molar-refractivity contribution in [2.75, 3.05) is 18.0 Å². The first-order chi connectivity index (χ1) is 9.38. The van der Waals surface area contributed by atoms with Gasteiger partial charge in [-0.25, -0.2) is 9.78 Å². The van der Waals surface area contributed by atoms with E-state index in [9.17, 15) is 9.90 Å². The van der Waals surface area contributed by atoms with Crippen molar-refractivity contribution in [1.29, 1.82) is 0 Å². The molecule has 1 aliphatic heterocycles. The summed E-state index contributed by atoms with van der Waals surface area (Å²) in [5.41, 5.74) is 1.19. The molecule has 1 aromatic rings. The third-order valence-corrected chi connectivity index (χ3v) is 4.33. The second-order valence-electron chi connectivity index (χ2n) is 6.29. The van der Waals surface area contributed by atoms with Gasteiger partial charge in [-0.15, -0.1) is 0 Å². The second kappa shape index (κ2) is 5.81. The van der Waals surface area contributed by atoms with Crippen molar-refractivity contribution in [3.8, 4) is 0 Å². The van der Waals surface area contributed by atoms with E-state index in [1.165, 1.54) is 0 Å². The molecule has 4 heteroatoms. The van der Waals surface area contributed by atoms with Gasteiger partial charge < -0.3 is 10.0 Å². The Morgan fingerprint density at radius 3 is 2.60 bits per heavy atom. The highest BCUT2D eigenvalue weighted by molar-refractivity contribution is 5.88. The monoisotopic (exact) mass is 276 g/mol. The molecule has 1 fully saturated rings. The molecule has 2 atom stereocenters. The van der Waals surface area contributed by atoms with Crippen LogP contribution in [0.2, 0.25) is 0 Å². The van der Waals surface area contributed by atoms with E-state index >= 15 is 0 Å². The predicted molar refractivity (Wildman–Crippen MR) is 80.4 cm³/mol. The number of hydrogen-bond donors (Lipinski definition) is 1. The summed E-state index contributed by atoms with van der Waals surface area (Å²) in [7, 11) is 0. The van der Waals surface area contributed by atoms with E-state index in [0.29, 0.717) is 11.5 Å². The summed E-state index contributed by atoms with van der Waals surface area (Å²) in [6, 6.07) is 3.39. The van der Waals surface area contributed by atoms with Gasteiger partial charge in [0.25, 0.3) is 0 Å². The fourth-order valence-corrected chi connectivity index (χ4v) is 2.59. The van der Waals surface area contributed by atoms with Gasteiger partial charge in [0.2, 0.25) is 0 Å². The highest BCUT2D eigenvalue weighted by Crippen LogP contribution is 2.27. The molecule has 1 aromatic heterocycles. The third kappa shape index (κ3) is 3.11. The second-order valence-corrected chi connectivity index (χ2v) is 6.29. The number of aromatic carboxylic acids is 1. The quantitative estimate of drug-likeness (QED) is 0.919. The summed E-state index contributed by atoms with van der Waals surface area (Å²) in [5, 5.41) is 9.26. The first-order valence-corrected chi connectivity index (χ1v) is 7.38. The van der Waals surface area contributed by atoms with Crippen LogP contribution in [-0.2, 0) is 0 Å². The van der Waals surface area contributed by atoms with Crippen LogP contribution in [0.5, 0.6) is 0 Å². The number of carboxylic acids is 1. The van der Waals surface area contributed by atoms with E-state index in [0.717, 1.165) is 36.9 Å². The zero-order valence-corrected chi connectivity index (χ0v) is 12.8. The van der Waals surface area contributed by atoms with Crippen LogP contribution in [0.1, 0.15) is 56.1 Å². The van der Waals surface area contributed by atoms with Crippen LogP contribution in [0.3, 0.4) is 0 Å². The summed E-state index contributed by atoms with van der Waals surface area (Å²) in [5.74, 6) is 1.50. The Kier molecular flexibility index (Phi) is 4.31. The lowest BCUT2D eigenvalue weighted by molar-refractivity contribution is 0.0696. The minimum atomic E-state index is -0.881. The lowest BCUT2D eigenvalue weighted by Crippen LogP contribution is -2.39. The molecular formula is C16H24N2O2. The maximum atomic E-state index is 11.3. The van der Waals surface area contributed by atoms with Crippen molar-refractivity contribution in [2.45, 2.75) is 40.0 Å². The van der Waals surface area contributed by atoms with Crippen molar-refractivity contribution < 1.29 is 9.90 Å². The molecule has 1 N–H and O–H groups in total. The standard InChI is InChI=1S/C16H24N2O2/c1-10(2)14-7-13(16(19)20)8-15(17-14)18-6-5-11(3)12(4)9-18/h7-8,10-12H,5-6,9H2,1-4H3,(H,19,20). The Hall–Kier alpha value is -1.58. The topological polar surface area (TPSA) is 53.4 Å². The molecule has 0 saturated carbocycles. The normalized spacial score (nSPS) is 23.1. The fourth-order valence-electron chi connectivity index (χ4n) is 2.59. The van der Waals surface area contributed by atoms with Crippen LogP contribution in [0, 0.1) is 11.8 Å². The van der Waals surface area contributed by atoms with Crippen LogP contribution in [0.4, 0.5) is 5.82 Å². The van der Waals surface area contributed by atoms with Crippen LogP contribution < -0.4 is 4.90 Å². The highest BCUT2D eigenvalue weighted by atomic mass is 16.4. The van der Waals surface area contributed by atoms with Crippen LogP contribution in [-0.4, -0.2) is 29.1 Å². The van der Waals surface area contributed by atoms with Gasteiger partial charge in [-0.1, -0.05) is 27.7 Å². The highest BCUT2D eigenvalue weighted by Gasteiger charge is 2.24. The van der Waals surface area contributed by atoms with E-state index in [-0.39, 0.29) is 5.92 Å². The van der Waals surface area contributed by atoms with Gasteiger partial charge >= 0.3 is 5.97 Å². The molecule has 0 aromatic carbocycles. The van der Waals surface area contributed by atoms with Gasteiger partial charge in [0.1, 0.15) is 5.82 Å². The molecule has 1 saturated heterocycles. The molecule has 2 unspecified atom stereocenters. The lowest BCUT2D eigenvalue weighted by atomic mass is 9.88. The van der Waals surface area contributed by atoms with Crippen molar-refractivity contribution in [1.82, 2.24) is 4.98 Å². The maximum Gasteiger partial charge on any atom is 0.335 e. The number of hydrogen-bond acceptors (Lipinski definition) is 3. The Bertz CT molecular complexity index is 499. The van der Waals surface area contributed by atoms with Gasteiger partial charge in [-0.05, 0) is 36.3 Å². The van der Waals surface area contributed by atoms with Gasteiger partial charge in [0.15, 0.2) is 0 Å². The predicted octanol–water partition coefficient (Wildman–Crippen LogP) is 3.39. The smallest absolute Gasteiger partial charge is 0.335 e. The van der Waals surface area contributed by atoms with E-state index < -0.39 is 5.97 Å². The fraction of sp³-hybridized carbons (Fsp3) is 0.625. The first kappa shape index (κ1) is 14.8. The molecule has 2 rings (SSSR count). The van der Waals surface area contributed by atoms with E-state index in [1.54, 1.807) is 12.1 Å². The van der Waals surface area contributed by atoms with Gasteiger partial charge in [-0.3, -0.25) is 0 Å². The molecule has 20 heavy (non-hydrogen) atoms. The molecule has 0 radical (unpaired) electrons. The lowest BCUT2D eigenvalue weighted by Gasteiger charge is -2.36. The molecule has 110 valence electrons. The Labute approximate surface area is 120 Å². The number of piperidine rings is 1. The van der Waals surface area contributed by atoms with Crippen LogP contribution >= 0.6 is 0 Å². The van der Waals surface area contributed by atoms with Crippen LogP contribution in [0.25, 0.3) is 0 Å². The Morgan fingerprint density at radius 1 is 1.35 bits per heavy atom. The Morgan fingerprint density at radius 2 is 2.05 bits per heavy atom. The summed E-state index contributed by atoms with van der Waals surface area (Å²) >= 11 is 0. The number of anilines is 1. The van der Waals surface area contributed by atoms with Crippen molar-refractivity contribution in [2.24, 2.45) is 11.8 Å². The number of aromatic nitrogens is 1. The number of nitrogens with zero attached hydrogens (tertiary/aromatic N) is 2. The summed E-state index contributed by atoms with van der Waals surface area (Å²) < 4.78 is 0. The minimum Gasteiger partial charge on any atom is -0.478 e. The molecule has 1 aliphatic rings.